The molecule has 6 rings (SSSR count). The number of pyridine rings is 1. The van der Waals surface area contributed by atoms with Crippen LogP contribution in [0.15, 0.2) is 73.1 Å². The summed E-state index contributed by atoms with van der Waals surface area (Å²) in [6.07, 6.45) is 8.39. The van der Waals surface area contributed by atoms with E-state index in [2.05, 4.69) is 31.2 Å². The number of aromatic nitrogens is 4. The number of likely N-dealkylation sites (tertiary alicyclic amines) is 1. The van der Waals surface area contributed by atoms with Gasteiger partial charge in [-0.1, -0.05) is 79.8 Å². The first kappa shape index (κ1) is 44.3. The van der Waals surface area contributed by atoms with E-state index in [1.807, 2.05) is 30.3 Å². The van der Waals surface area contributed by atoms with Gasteiger partial charge in [0.1, 0.15) is 24.3 Å². The number of amides is 5. The number of nitrogens with zero attached hydrogens (tertiary/aromatic N) is 5. The zero-order valence-electron chi connectivity index (χ0n) is 34.6. The highest BCUT2D eigenvalue weighted by atomic mass is 16.5. The fourth-order valence-corrected chi connectivity index (χ4v) is 8.30. The predicted molar refractivity (Wildman–Crippen MR) is 223 cm³/mol. The molecule has 2 aliphatic rings. The molecular formula is C44H55N9O8. The van der Waals surface area contributed by atoms with Crippen molar-refractivity contribution in [2.75, 3.05) is 13.1 Å². The van der Waals surface area contributed by atoms with Crippen LogP contribution in [0.25, 0.3) is 10.9 Å². The van der Waals surface area contributed by atoms with Crippen molar-refractivity contribution >= 4 is 46.4 Å². The molecular weight excluding hydrogens is 783 g/mol. The lowest BCUT2D eigenvalue weighted by Crippen LogP contribution is -2.56. The topological polar surface area (TPSA) is 241 Å². The van der Waals surface area contributed by atoms with E-state index in [9.17, 15) is 33.9 Å². The van der Waals surface area contributed by atoms with E-state index < -0.39 is 65.3 Å². The quantitative estimate of drug-likeness (QED) is 0.0717. The minimum absolute atomic E-state index is 0.0184. The number of benzene rings is 2. The molecule has 0 spiro atoms. The molecule has 4 aromatic rings. The maximum absolute atomic E-state index is 15.0. The third-order valence-electron chi connectivity index (χ3n) is 11.5. The Kier molecular flexibility index (Phi) is 14.8. The van der Waals surface area contributed by atoms with Crippen LogP contribution in [0.3, 0.4) is 0 Å². The van der Waals surface area contributed by atoms with Crippen LogP contribution in [0.4, 0.5) is 4.79 Å². The number of hydrogen-bond acceptors (Lipinski definition) is 11. The molecule has 1 aliphatic carbocycles. The van der Waals surface area contributed by atoms with E-state index in [1.54, 1.807) is 50.4 Å². The molecule has 0 bridgehead atoms. The number of primary amides is 1. The Morgan fingerprint density at radius 2 is 1.70 bits per heavy atom. The average Bonchev–Trinajstić information content (AvgIpc) is 3.94. The molecule has 5 amide bonds. The summed E-state index contributed by atoms with van der Waals surface area (Å²) >= 11 is 0. The minimum Gasteiger partial charge on any atom is -0.445 e. The van der Waals surface area contributed by atoms with Crippen molar-refractivity contribution in [2.24, 2.45) is 11.7 Å². The van der Waals surface area contributed by atoms with Crippen molar-refractivity contribution in [3.63, 3.8) is 0 Å². The Bertz CT molecular complexity index is 2180. The van der Waals surface area contributed by atoms with Gasteiger partial charge in [-0.25, -0.2) is 9.48 Å². The Hall–Kier alpha value is -6.23. The van der Waals surface area contributed by atoms with E-state index >= 15 is 0 Å². The first-order valence-corrected chi connectivity index (χ1v) is 21.0. The van der Waals surface area contributed by atoms with Gasteiger partial charge >= 0.3 is 6.09 Å². The summed E-state index contributed by atoms with van der Waals surface area (Å²) in [4.78, 5) is 86.7. The summed E-state index contributed by atoms with van der Waals surface area (Å²) in [7, 11) is 0. The van der Waals surface area contributed by atoms with Crippen LogP contribution in [0, 0.1) is 5.92 Å². The molecule has 4 atom stereocenters. The molecule has 1 saturated carbocycles. The first-order valence-electron chi connectivity index (χ1n) is 21.0. The summed E-state index contributed by atoms with van der Waals surface area (Å²) in [6.45, 7) is 3.43. The number of ketones is 1. The number of nitrogens with one attached hydrogen (secondary N) is 3. The number of hydrogen-bond donors (Lipinski definition) is 5. The largest absolute Gasteiger partial charge is 0.445 e. The standard InChI is InChI=1S/C44H55N9O8/c1-44(2,60)37-25-48-51-53(37)30-24-36(41(57)49-34(38(54)39(45)55)19-9-10-21-47-43(59)61-27-29-15-7-4-8-16-29)52(26-30)42(58)35(23-28-13-5-3-6-14-28)50-40(56)32-17-11-20-33-31(32)18-12-22-46-33/h4,7-8,11-12,15-18,20,22,25,28,30,34-36,60H,3,5-6,9-10,13-14,19,21,23-24,26-27H2,1-2H3,(H2,45,55)(H,47,59)(H,49,57)(H,50,56)/t30-,34?,35+,36-/m0/s1. The van der Waals surface area contributed by atoms with Gasteiger partial charge < -0.3 is 36.4 Å². The molecule has 17 nitrogen and oxygen atoms in total. The summed E-state index contributed by atoms with van der Waals surface area (Å²) < 4.78 is 6.74. The second-order valence-electron chi connectivity index (χ2n) is 16.4. The number of ether oxygens (including phenoxy) is 1. The molecule has 1 aliphatic heterocycles. The number of Topliss-reactive ketones (excluding diaryl/α,β-unsaturated/α-hetero) is 1. The number of carbonyl (C=O) groups is 6. The molecule has 2 fully saturated rings. The van der Waals surface area contributed by atoms with Crippen LogP contribution < -0.4 is 21.7 Å². The molecule has 324 valence electrons. The van der Waals surface area contributed by atoms with Crippen LogP contribution in [-0.2, 0) is 36.1 Å². The van der Waals surface area contributed by atoms with Crippen molar-refractivity contribution in [3.05, 3.63) is 89.9 Å². The Balaban J connectivity index is 1.20. The van der Waals surface area contributed by atoms with Crippen molar-refractivity contribution in [2.45, 2.75) is 114 Å². The number of nitrogens with two attached hydrogens (primary N) is 1. The zero-order chi connectivity index (χ0) is 43.5. The van der Waals surface area contributed by atoms with E-state index in [4.69, 9.17) is 10.5 Å². The summed E-state index contributed by atoms with van der Waals surface area (Å²) in [5, 5.41) is 28.2. The third kappa shape index (κ3) is 11.5. The average molecular weight is 838 g/mol. The van der Waals surface area contributed by atoms with Crippen molar-refractivity contribution in [1.29, 1.82) is 0 Å². The molecule has 17 heteroatoms. The fourth-order valence-electron chi connectivity index (χ4n) is 8.30. The maximum atomic E-state index is 15.0. The predicted octanol–water partition coefficient (Wildman–Crippen LogP) is 3.60. The number of fused-ring (bicyclic) bond motifs is 1. The lowest BCUT2D eigenvalue weighted by atomic mass is 9.84. The molecule has 2 aromatic carbocycles. The Morgan fingerprint density at radius 3 is 2.44 bits per heavy atom. The van der Waals surface area contributed by atoms with E-state index in [0.717, 1.165) is 37.7 Å². The monoisotopic (exact) mass is 837 g/mol. The summed E-state index contributed by atoms with van der Waals surface area (Å²) in [5.41, 5.74) is 6.23. The van der Waals surface area contributed by atoms with Gasteiger partial charge in [-0.3, -0.25) is 29.0 Å². The van der Waals surface area contributed by atoms with Crippen LogP contribution >= 0.6 is 0 Å². The molecule has 2 aromatic heterocycles. The summed E-state index contributed by atoms with van der Waals surface area (Å²) in [5.74, 6) is -3.75. The normalized spacial score (nSPS) is 17.9. The van der Waals surface area contributed by atoms with Gasteiger partial charge in [0.2, 0.25) is 17.6 Å². The van der Waals surface area contributed by atoms with Crippen LogP contribution in [-0.4, -0.2) is 96.7 Å². The SMILES string of the molecule is CC(C)(O)c1cnnn1[C@H]1C[C@@H](C(=O)NC(CCCCNC(=O)OCc2ccccc2)C(=O)C(N)=O)N(C(=O)[C@@H](CC2CCCCC2)NC(=O)c2cccc3ncccc23)C1. The second-order valence-corrected chi connectivity index (χ2v) is 16.4. The van der Waals surface area contributed by atoms with E-state index in [1.165, 1.54) is 15.8 Å². The van der Waals surface area contributed by atoms with Gasteiger partial charge in [-0.2, -0.15) is 0 Å². The Morgan fingerprint density at radius 1 is 0.934 bits per heavy atom. The molecule has 0 radical (unpaired) electrons. The number of unbranched alkanes of at least 4 members (excludes halogenated alkanes) is 1. The van der Waals surface area contributed by atoms with Crippen molar-refractivity contribution in [1.82, 2.24) is 40.8 Å². The molecule has 6 N–H and O–H groups in total. The number of carbonyl (C=O) groups excluding carboxylic acids is 6. The lowest BCUT2D eigenvalue weighted by molar-refractivity contribution is -0.142. The van der Waals surface area contributed by atoms with Crippen LogP contribution in [0.5, 0.6) is 0 Å². The van der Waals surface area contributed by atoms with Crippen molar-refractivity contribution < 1.29 is 38.6 Å². The fraction of sp³-hybridized carbons (Fsp3) is 0.477. The number of alkyl carbamates (subject to hydrolysis) is 1. The van der Waals surface area contributed by atoms with Crippen LogP contribution in [0.2, 0.25) is 0 Å². The highest BCUT2D eigenvalue weighted by Crippen LogP contribution is 2.34. The third-order valence-corrected chi connectivity index (χ3v) is 11.5. The molecule has 3 heterocycles. The lowest BCUT2D eigenvalue weighted by Gasteiger charge is -2.32. The molecule has 1 saturated heterocycles. The smallest absolute Gasteiger partial charge is 0.407 e. The van der Waals surface area contributed by atoms with E-state index in [-0.39, 0.29) is 38.5 Å². The Labute approximate surface area is 354 Å². The van der Waals surface area contributed by atoms with Gasteiger partial charge in [0.05, 0.1) is 29.5 Å². The van der Waals surface area contributed by atoms with Gasteiger partial charge in [0.25, 0.3) is 11.8 Å². The second kappa shape index (κ2) is 20.4. The van der Waals surface area contributed by atoms with Gasteiger partial charge in [-0.05, 0) is 69.2 Å². The van der Waals surface area contributed by atoms with Gasteiger partial charge in [0.15, 0.2) is 0 Å². The molecule has 61 heavy (non-hydrogen) atoms. The number of aliphatic hydroxyl groups is 1. The maximum Gasteiger partial charge on any atom is 0.407 e. The zero-order valence-corrected chi connectivity index (χ0v) is 34.6. The van der Waals surface area contributed by atoms with Gasteiger partial charge in [-0.15, -0.1) is 5.10 Å². The highest BCUT2D eigenvalue weighted by molar-refractivity contribution is 6.37. The summed E-state index contributed by atoms with van der Waals surface area (Å²) in [6, 6.07) is 13.8. The first-order chi connectivity index (χ1) is 29.3. The van der Waals surface area contributed by atoms with Gasteiger partial charge in [0, 0.05) is 36.7 Å². The highest BCUT2D eigenvalue weighted by Gasteiger charge is 2.45. The van der Waals surface area contributed by atoms with Crippen molar-refractivity contribution in [3.8, 4) is 0 Å². The van der Waals surface area contributed by atoms with Crippen LogP contribution in [0.1, 0.15) is 106 Å². The van der Waals surface area contributed by atoms with E-state index in [0.29, 0.717) is 41.4 Å². The minimum atomic E-state index is -1.37. The number of rotatable bonds is 18. The molecule has 1 unspecified atom stereocenters.